The SMILES string of the molecule is C/C=C(\N=C(Nc1ccccc1)C(C)=O)c1cccc(NC(=O)c2ccc(C(C)(C)C)cc2)c1C. The molecule has 2 N–H and O–H groups in total. The number of hydrogen-bond donors (Lipinski definition) is 2. The Morgan fingerprint density at radius 2 is 1.51 bits per heavy atom. The van der Waals surface area contributed by atoms with Gasteiger partial charge in [-0.3, -0.25) is 9.59 Å². The predicted octanol–water partition coefficient (Wildman–Crippen LogP) is 7.01. The normalized spacial score (nSPS) is 12.3. The van der Waals surface area contributed by atoms with E-state index >= 15 is 0 Å². The van der Waals surface area contributed by atoms with Crippen LogP contribution >= 0.6 is 0 Å². The molecular weight excluding hydrogens is 434 g/mol. The molecule has 180 valence electrons. The lowest BCUT2D eigenvalue weighted by Gasteiger charge is -2.19. The molecule has 0 saturated carbocycles. The number of benzene rings is 3. The summed E-state index contributed by atoms with van der Waals surface area (Å²) in [4.78, 5) is 29.9. The highest BCUT2D eigenvalue weighted by molar-refractivity contribution is 6.43. The van der Waals surface area contributed by atoms with E-state index in [1.165, 1.54) is 12.5 Å². The summed E-state index contributed by atoms with van der Waals surface area (Å²) in [5.74, 6) is -0.0995. The summed E-state index contributed by atoms with van der Waals surface area (Å²) < 4.78 is 0. The van der Waals surface area contributed by atoms with Crippen molar-refractivity contribution in [2.75, 3.05) is 10.6 Å². The van der Waals surface area contributed by atoms with E-state index in [9.17, 15) is 9.59 Å². The van der Waals surface area contributed by atoms with Crippen molar-refractivity contribution >= 4 is 34.6 Å². The molecule has 0 atom stereocenters. The number of allylic oxidation sites excluding steroid dienone is 1. The Kier molecular flexibility index (Phi) is 8.02. The van der Waals surface area contributed by atoms with Gasteiger partial charge in [0.2, 0.25) is 0 Å². The van der Waals surface area contributed by atoms with Gasteiger partial charge in [0.25, 0.3) is 5.91 Å². The Labute approximate surface area is 208 Å². The van der Waals surface area contributed by atoms with Crippen molar-refractivity contribution in [1.82, 2.24) is 0 Å². The fraction of sp³-hybridized carbons (Fsp3) is 0.233. The molecule has 0 aliphatic heterocycles. The van der Waals surface area contributed by atoms with Crippen molar-refractivity contribution in [3.05, 3.63) is 101 Å². The van der Waals surface area contributed by atoms with Gasteiger partial charge in [-0.15, -0.1) is 0 Å². The number of para-hydroxylation sites is 1. The molecule has 0 heterocycles. The molecule has 0 aromatic heterocycles. The van der Waals surface area contributed by atoms with E-state index in [1.807, 2.05) is 92.7 Å². The molecule has 3 aromatic carbocycles. The molecular formula is C30H33N3O2. The van der Waals surface area contributed by atoms with Crippen LogP contribution in [0.3, 0.4) is 0 Å². The molecule has 5 heteroatoms. The first-order chi connectivity index (χ1) is 16.6. The van der Waals surface area contributed by atoms with Crippen LogP contribution < -0.4 is 10.6 Å². The number of carbonyl (C=O) groups is 2. The monoisotopic (exact) mass is 467 g/mol. The van der Waals surface area contributed by atoms with Crippen LogP contribution in [0.4, 0.5) is 11.4 Å². The lowest BCUT2D eigenvalue weighted by Crippen LogP contribution is -2.20. The fourth-order valence-corrected chi connectivity index (χ4v) is 3.62. The van der Waals surface area contributed by atoms with Crippen LogP contribution in [0.5, 0.6) is 0 Å². The number of amides is 1. The van der Waals surface area contributed by atoms with Crippen molar-refractivity contribution in [2.45, 2.75) is 47.0 Å². The topological polar surface area (TPSA) is 70.6 Å². The van der Waals surface area contributed by atoms with Gasteiger partial charge in [0.05, 0.1) is 5.70 Å². The minimum atomic E-state index is -0.175. The Bertz CT molecular complexity index is 1270. The summed E-state index contributed by atoms with van der Waals surface area (Å²) in [5.41, 5.74) is 5.62. The number of ketones is 1. The summed E-state index contributed by atoms with van der Waals surface area (Å²) in [6.45, 7) is 11.7. The Hall–Kier alpha value is -3.99. The van der Waals surface area contributed by atoms with Crippen molar-refractivity contribution in [2.24, 2.45) is 4.99 Å². The zero-order valence-corrected chi connectivity index (χ0v) is 21.3. The molecule has 0 fully saturated rings. The van der Waals surface area contributed by atoms with Gasteiger partial charge >= 0.3 is 0 Å². The molecule has 5 nitrogen and oxygen atoms in total. The quantitative estimate of drug-likeness (QED) is 0.303. The predicted molar refractivity (Wildman–Crippen MR) is 146 cm³/mol. The molecule has 35 heavy (non-hydrogen) atoms. The maximum Gasteiger partial charge on any atom is 0.255 e. The van der Waals surface area contributed by atoms with Gasteiger partial charge in [-0.05, 0) is 60.7 Å². The van der Waals surface area contributed by atoms with E-state index < -0.39 is 0 Å². The smallest absolute Gasteiger partial charge is 0.255 e. The maximum absolute atomic E-state index is 12.9. The number of amidine groups is 1. The lowest BCUT2D eigenvalue weighted by molar-refractivity contribution is -0.111. The zero-order valence-electron chi connectivity index (χ0n) is 21.3. The second kappa shape index (κ2) is 11.0. The van der Waals surface area contributed by atoms with Crippen molar-refractivity contribution < 1.29 is 9.59 Å². The number of nitrogens with one attached hydrogen (secondary N) is 2. The van der Waals surface area contributed by atoms with Gasteiger partial charge in [-0.25, -0.2) is 4.99 Å². The van der Waals surface area contributed by atoms with E-state index in [2.05, 4.69) is 36.4 Å². The van der Waals surface area contributed by atoms with E-state index in [0.29, 0.717) is 16.9 Å². The number of rotatable bonds is 6. The highest BCUT2D eigenvalue weighted by Crippen LogP contribution is 2.27. The molecule has 0 aliphatic carbocycles. The van der Waals surface area contributed by atoms with Crippen LogP contribution in [-0.2, 0) is 10.2 Å². The Morgan fingerprint density at radius 3 is 2.09 bits per heavy atom. The molecule has 3 aromatic rings. The maximum atomic E-state index is 12.9. The number of anilines is 2. The number of carbonyl (C=O) groups excluding carboxylic acids is 2. The Balaban J connectivity index is 1.87. The third-order valence-corrected chi connectivity index (χ3v) is 5.75. The molecule has 0 saturated heterocycles. The van der Waals surface area contributed by atoms with E-state index in [-0.39, 0.29) is 22.9 Å². The molecule has 0 unspecified atom stereocenters. The van der Waals surface area contributed by atoms with Crippen molar-refractivity contribution in [1.29, 1.82) is 0 Å². The van der Waals surface area contributed by atoms with E-state index in [1.54, 1.807) is 0 Å². The summed E-state index contributed by atoms with van der Waals surface area (Å²) in [5, 5.41) is 6.13. The first-order valence-electron chi connectivity index (χ1n) is 11.7. The highest BCUT2D eigenvalue weighted by Gasteiger charge is 2.16. The zero-order chi connectivity index (χ0) is 25.6. The third-order valence-electron chi connectivity index (χ3n) is 5.75. The molecule has 0 aliphatic rings. The second-order valence-corrected chi connectivity index (χ2v) is 9.44. The summed E-state index contributed by atoms with van der Waals surface area (Å²) in [7, 11) is 0. The number of hydrogen-bond acceptors (Lipinski definition) is 3. The van der Waals surface area contributed by atoms with Crippen molar-refractivity contribution in [3.63, 3.8) is 0 Å². The molecule has 0 bridgehead atoms. The van der Waals surface area contributed by atoms with Gasteiger partial charge in [0.1, 0.15) is 0 Å². The molecule has 0 spiro atoms. The number of Topliss-reactive ketones (excluding diaryl/α,β-unsaturated/α-hetero) is 1. The van der Waals surface area contributed by atoms with Crippen molar-refractivity contribution in [3.8, 4) is 0 Å². The first kappa shape index (κ1) is 25.6. The van der Waals surface area contributed by atoms with Crippen LogP contribution in [0.2, 0.25) is 0 Å². The van der Waals surface area contributed by atoms with Gasteiger partial charge in [-0.2, -0.15) is 0 Å². The van der Waals surface area contributed by atoms with Crippen LogP contribution in [0.1, 0.15) is 61.7 Å². The Morgan fingerprint density at radius 1 is 0.857 bits per heavy atom. The molecule has 0 radical (unpaired) electrons. The lowest BCUT2D eigenvalue weighted by atomic mass is 9.86. The average molecular weight is 468 g/mol. The minimum Gasteiger partial charge on any atom is -0.337 e. The van der Waals surface area contributed by atoms with Gasteiger partial charge in [0, 0.05) is 29.4 Å². The molecule has 1 amide bonds. The van der Waals surface area contributed by atoms with E-state index in [4.69, 9.17) is 0 Å². The van der Waals surface area contributed by atoms with E-state index in [0.717, 1.165) is 16.8 Å². The standard InChI is InChI=1S/C30H33N3O2/c1-7-26(32-28(21(3)34)31-24-12-9-8-10-13-24)25-14-11-15-27(20(25)2)33-29(35)22-16-18-23(19-17-22)30(4,5)6/h7-19H,1-6H3,(H,31,32)(H,33,35)/b26-7-. The first-order valence-corrected chi connectivity index (χ1v) is 11.7. The minimum absolute atomic E-state index is 0.0252. The average Bonchev–Trinajstić information content (AvgIpc) is 2.83. The number of aliphatic imine (C=N–C) groups is 1. The second-order valence-electron chi connectivity index (χ2n) is 9.44. The molecule has 3 rings (SSSR count). The summed E-state index contributed by atoms with van der Waals surface area (Å²) >= 11 is 0. The van der Waals surface area contributed by atoms with Crippen LogP contribution in [-0.4, -0.2) is 17.5 Å². The summed E-state index contributed by atoms with van der Waals surface area (Å²) in [6, 6.07) is 22.8. The van der Waals surface area contributed by atoms with Crippen LogP contribution in [0.25, 0.3) is 5.70 Å². The largest absolute Gasteiger partial charge is 0.337 e. The summed E-state index contributed by atoms with van der Waals surface area (Å²) in [6.07, 6.45) is 1.86. The van der Waals surface area contributed by atoms with Gasteiger partial charge in [-0.1, -0.05) is 69.3 Å². The van der Waals surface area contributed by atoms with Crippen LogP contribution in [0, 0.1) is 6.92 Å². The third kappa shape index (κ3) is 6.54. The number of nitrogens with zero attached hydrogens (tertiary/aromatic N) is 1. The van der Waals surface area contributed by atoms with Crippen LogP contribution in [0.15, 0.2) is 83.9 Å². The van der Waals surface area contributed by atoms with Gasteiger partial charge in [0.15, 0.2) is 11.6 Å². The fourth-order valence-electron chi connectivity index (χ4n) is 3.62. The highest BCUT2D eigenvalue weighted by atomic mass is 16.1. The van der Waals surface area contributed by atoms with Gasteiger partial charge < -0.3 is 10.6 Å².